The predicted octanol–water partition coefficient (Wildman–Crippen LogP) is 4.14. The number of aryl methyl sites for hydroxylation is 1. The summed E-state index contributed by atoms with van der Waals surface area (Å²) < 4.78 is 27.1. The number of carbonyl (C=O) groups is 2. The van der Waals surface area contributed by atoms with E-state index in [1.54, 1.807) is 0 Å². The SMILES string of the molecule is CC[C@@H](C(=O)NC1CCCC1)N(Cc1ccccc1C)C(=O)CN(C)S(=O)(=O)c1ccc(Cl)cc1. The Labute approximate surface area is 213 Å². The molecule has 1 fully saturated rings. The van der Waals surface area contributed by atoms with Gasteiger partial charge in [0.15, 0.2) is 0 Å². The highest BCUT2D eigenvalue weighted by Gasteiger charge is 2.33. The number of halogens is 1. The zero-order valence-corrected chi connectivity index (χ0v) is 22.1. The van der Waals surface area contributed by atoms with Crippen molar-refractivity contribution in [2.24, 2.45) is 0 Å². The molecule has 190 valence electrons. The first-order valence-corrected chi connectivity index (χ1v) is 13.8. The van der Waals surface area contributed by atoms with Gasteiger partial charge in [-0.2, -0.15) is 4.31 Å². The average Bonchev–Trinajstić information content (AvgIpc) is 3.33. The van der Waals surface area contributed by atoms with E-state index < -0.39 is 22.0 Å². The second-order valence-corrected chi connectivity index (χ2v) is 11.6. The number of amides is 2. The maximum Gasteiger partial charge on any atom is 0.243 e. The van der Waals surface area contributed by atoms with Crippen LogP contribution in [0.15, 0.2) is 53.4 Å². The minimum absolute atomic E-state index is 0.0497. The molecule has 9 heteroatoms. The molecule has 0 aliphatic heterocycles. The molecule has 1 aliphatic rings. The molecule has 0 aromatic heterocycles. The van der Waals surface area contributed by atoms with E-state index in [4.69, 9.17) is 11.6 Å². The largest absolute Gasteiger partial charge is 0.352 e. The van der Waals surface area contributed by atoms with E-state index in [2.05, 4.69) is 5.32 Å². The topological polar surface area (TPSA) is 86.8 Å². The molecule has 2 aromatic carbocycles. The molecular weight excluding hydrogens is 486 g/mol. The van der Waals surface area contributed by atoms with Gasteiger partial charge in [-0.15, -0.1) is 0 Å². The minimum atomic E-state index is -3.91. The third kappa shape index (κ3) is 6.84. The van der Waals surface area contributed by atoms with Crippen LogP contribution in [0.2, 0.25) is 5.02 Å². The van der Waals surface area contributed by atoms with Gasteiger partial charge in [0, 0.05) is 24.7 Å². The van der Waals surface area contributed by atoms with E-state index in [1.807, 2.05) is 38.1 Å². The van der Waals surface area contributed by atoms with Gasteiger partial charge >= 0.3 is 0 Å². The molecule has 3 rings (SSSR count). The van der Waals surface area contributed by atoms with Gasteiger partial charge in [-0.25, -0.2) is 8.42 Å². The summed E-state index contributed by atoms with van der Waals surface area (Å²) in [4.78, 5) is 28.4. The van der Waals surface area contributed by atoms with Gasteiger partial charge in [-0.3, -0.25) is 9.59 Å². The number of nitrogens with one attached hydrogen (secondary N) is 1. The highest BCUT2D eigenvalue weighted by Crippen LogP contribution is 2.21. The molecular formula is C26H34ClN3O4S. The third-order valence-corrected chi connectivity index (χ3v) is 8.64. The Bertz CT molecular complexity index is 1130. The van der Waals surface area contributed by atoms with Crippen LogP contribution >= 0.6 is 11.6 Å². The van der Waals surface area contributed by atoms with Crippen LogP contribution in [-0.2, 0) is 26.2 Å². The quantitative estimate of drug-likeness (QED) is 0.511. The monoisotopic (exact) mass is 519 g/mol. The van der Waals surface area contributed by atoms with Gasteiger partial charge in [0.2, 0.25) is 21.8 Å². The molecule has 0 spiro atoms. The normalized spacial score (nSPS) is 15.2. The number of benzene rings is 2. The van der Waals surface area contributed by atoms with Crippen molar-refractivity contribution in [1.29, 1.82) is 0 Å². The summed E-state index contributed by atoms with van der Waals surface area (Å²) in [6, 6.07) is 12.9. The molecule has 0 heterocycles. The molecule has 35 heavy (non-hydrogen) atoms. The van der Waals surface area contributed by atoms with Crippen molar-refractivity contribution < 1.29 is 18.0 Å². The molecule has 0 radical (unpaired) electrons. The fourth-order valence-electron chi connectivity index (χ4n) is 4.41. The van der Waals surface area contributed by atoms with Crippen molar-refractivity contribution in [3.05, 3.63) is 64.7 Å². The first-order chi connectivity index (χ1) is 16.6. The zero-order valence-electron chi connectivity index (χ0n) is 20.5. The zero-order chi connectivity index (χ0) is 25.6. The maximum atomic E-state index is 13.6. The molecule has 1 N–H and O–H groups in total. The van der Waals surface area contributed by atoms with Crippen molar-refractivity contribution >= 4 is 33.4 Å². The van der Waals surface area contributed by atoms with Gasteiger partial charge in [-0.1, -0.05) is 55.6 Å². The summed E-state index contributed by atoms with van der Waals surface area (Å²) in [7, 11) is -2.54. The number of carbonyl (C=O) groups excluding carboxylic acids is 2. The molecule has 7 nitrogen and oxygen atoms in total. The summed E-state index contributed by atoms with van der Waals surface area (Å²) in [5.74, 6) is -0.619. The van der Waals surface area contributed by atoms with Crippen LogP contribution in [0.5, 0.6) is 0 Å². The number of sulfonamides is 1. The maximum absolute atomic E-state index is 13.6. The van der Waals surface area contributed by atoms with E-state index in [-0.39, 0.29) is 29.9 Å². The van der Waals surface area contributed by atoms with Crippen molar-refractivity contribution in [2.45, 2.75) is 69.5 Å². The smallest absolute Gasteiger partial charge is 0.243 e. The Morgan fingerprint density at radius 3 is 2.31 bits per heavy atom. The van der Waals surface area contributed by atoms with E-state index in [1.165, 1.54) is 36.2 Å². The van der Waals surface area contributed by atoms with Crippen molar-refractivity contribution in [3.8, 4) is 0 Å². The van der Waals surface area contributed by atoms with Gasteiger partial charge < -0.3 is 10.2 Å². The molecule has 1 saturated carbocycles. The molecule has 1 atom stereocenters. The standard InChI is InChI=1S/C26H34ClN3O4S/c1-4-24(26(32)28-22-11-7-8-12-22)30(17-20-10-6-5-9-19(20)2)25(31)18-29(3)35(33,34)23-15-13-21(27)14-16-23/h5-6,9-10,13-16,22,24H,4,7-8,11-12,17-18H2,1-3H3,(H,28,32)/t24-/m0/s1. The van der Waals surface area contributed by atoms with Crippen LogP contribution in [0, 0.1) is 6.92 Å². The molecule has 2 aromatic rings. The number of hydrogen-bond donors (Lipinski definition) is 1. The second kappa shape index (κ2) is 12.0. The van der Waals surface area contributed by atoms with Gasteiger partial charge in [0.25, 0.3) is 0 Å². The van der Waals surface area contributed by atoms with Crippen LogP contribution in [0.1, 0.15) is 50.2 Å². The number of hydrogen-bond acceptors (Lipinski definition) is 4. The summed E-state index contributed by atoms with van der Waals surface area (Å²) in [6.07, 6.45) is 4.47. The Kier molecular flexibility index (Phi) is 9.33. The first-order valence-electron chi connectivity index (χ1n) is 12.0. The van der Waals surface area contributed by atoms with E-state index in [9.17, 15) is 18.0 Å². The van der Waals surface area contributed by atoms with Crippen molar-refractivity contribution in [3.63, 3.8) is 0 Å². The molecule has 0 saturated heterocycles. The second-order valence-electron chi connectivity index (χ2n) is 9.08. The lowest BCUT2D eigenvalue weighted by atomic mass is 10.1. The fourth-order valence-corrected chi connectivity index (χ4v) is 5.66. The van der Waals surface area contributed by atoms with Crippen molar-refractivity contribution in [1.82, 2.24) is 14.5 Å². The number of likely N-dealkylation sites (N-methyl/N-ethyl adjacent to an activating group) is 1. The third-order valence-electron chi connectivity index (χ3n) is 6.57. The Morgan fingerprint density at radius 2 is 1.71 bits per heavy atom. The van der Waals surface area contributed by atoms with Crippen molar-refractivity contribution in [2.75, 3.05) is 13.6 Å². The summed E-state index contributed by atoms with van der Waals surface area (Å²) in [5, 5.41) is 3.53. The summed E-state index contributed by atoms with van der Waals surface area (Å²) in [6.45, 7) is 3.65. The highest BCUT2D eigenvalue weighted by molar-refractivity contribution is 7.89. The van der Waals surface area contributed by atoms with Crippen LogP contribution in [-0.4, -0.2) is 55.1 Å². The molecule has 0 bridgehead atoms. The van der Waals surface area contributed by atoms with Gasteiger partial charge in [0.05, 0.1) is 11.4 Å². The average molecular weight is 520 g/mol. The molecule has 2 amide bonds. The lowest BCUT2D eigenvalue weighted by Gasteiger charge is -2.33. The van der Waals surface area contributed by atoms with Crippen LogP contribution in [0.3, 0.4) is 0 Å². The summed E-state index contributed by atoms with van der Waals surface area (Å²) >= 11 is 5.89. The van der Waals surface area contributed by atoms with Crippen LogP contribution in [0.4, 0.5) is 0 Å². The summed E-state index contributed by atoms with van der Waals surface area (Å²) in [5.41, 5.74) is 1.91. The first kappa shape index (κ1) is 27.2. The fraction of sp³-hybridized carbons (Fsp3) is 0.462. The molecule has 1 aliphatic carbocycles. The predicted molar refractivity (Wildman–Crippen MR) is 137 cm³/mol. The Balaban J connectivity index is 1.85. The van der Waals surface area contributed by atoms with Crippen LogP contribution < -0.4 is 5.32 Å². The van der Waals surface area contributed by atoms with Gasteiger partial charge in [-0.05, 0) is 61.6 Å². The Hall–Kier alpha value is -2.42. The van der Waals surface area contributed by atoms with Gasteiger partial charge in [0.1, 0.15) is 6.04 Å². The van der Waals surface area contributed by atoms with E-state index in [0.717, 1.165) is 41.1 Å². The molecule has 0 unspecified atom stereocenters. The van der Waals surface area contributed by atoms with E-state index >= 15 is 0 Å². The lowest BCUT2D eigenvalue weighted by molar-refractivity contribution is -0.141. The Morgan fingerprint density at radius 1 is 1.09 bits per heavy atom. The number of nitrogens with zero attached hydrogens (tertiary/aromatic N) is 2. The lowest BCUT2D eigenvalue weighted by Crippen LogP contribution is -2.53. The highest BCUT2D eigenvalue weighted by atomic mass is 35.5. The van der Waals surface area contributed by atoms with Crippen LogP contribution in [0.25, 0.3) is 0 Å². The van der Waals surface area contributed by atoms with E-state index in [0.29, 0.717) is 11.4 Å². The minimum Gasteiger partial charge on any atom is -0.352 e. The number of rotatable bonds is 10.